The maximum atomic E-state index is 15.5. The third-order valence-corrected chi connectivity index (χ3v) is 16.4. The van der Waals surface area contributed by atoms with Crippen molar-refractivity contribution in [2.45, 2.75) is 143 Å². The number of unbranched alkanes of at least 4 members (excludes halogenated alkanes) is 11. The molecule has 61 heavy (non-hydrogen) atoms. The zero-order valence-electron chi connectivity index (χ0n) is 36.9. The fourth-order valence-corrected chi connectivity index (χ4v) is 12.5. The number of aromatic nitrogens is 3. The summed E-state index contributed by atoms with van der Waals surface area (Å²) < 4.78 is 27.7. The van der Waals surface area contributed by atoms with Crippen LogP contribution in [0.1, 0.15) is 142 Å². The van der Waals surface area contributed by atoms with Crippen LogP contribution in [0.4, 0.5) is 10.1 Å². The van der Waals surface area contributed by atoms with Crippen LogP contribution in [0.5, 0.6) is 0 Å². The molecule has 3 aromatic carbocycles. The van der Waals surface area contributed by atoms with Crippen LogP contribution < -0.4 is 4.90 Å². The van der Waals surface area contributed by atoms with E-state index in [1.54, 1.807) is 12.3 Å². The minimum Gasteiger partial charge on any atom is -0.372 e. The summed E-state index contributed by atoms with van der Waals surface area (Å²) in [6.07, 6.45) is 24.8. The van der Waals surface area contributed by atoms with E-state index >= 15 is 4.39 Å². The molecule has 0 spiro atoms. The molecule has 0 aliphatic heterocycles. The Labute approximate surface area is 381 Å². The number of hydrogen-bond donors (Lipinski definition) is 0. The molecule has 0 amide bonds. The van der Waals surface area contributed by atoms with Gasteiger partial charge >= 0.3 is 0 Å². The molecule has 0 saturated carbocycles. The second-order valence-electron chi connectivity index (χ2n) is 16.9. The lowest BCUT2D eigenvalue weighted by molar-refractivity contribution is 0.421. The van der Waals surface area contributed by atoms with Gasteiger partial charge in [-0.15, -0.1) is 34.0 Å². The van der Waals surface area contributed by atoms with Crippen LogP contribution in [0.15, 0.2) is 72.9 Å². The molecule has 4 nitrogen and oxygen atoms in total. The van der Waals surface area contributed by atoms with E-state index < -0.39 is 0 Å². The molecule has 4 aromatic heterocycles. The topological polar surface area (TPSA) is 41.9 Å². The van der Waals surface area contributed by atoms with Gasteiger partial charge in [0, 0.05) is 60.8 Å². The Hall–Kier alpha value is -3.50. The molecule has 0 aliphatic rings. The van der Waals surface area contributed by atoms with Gasteiger partial charge in [-0.1, -0.05) is 148 Å². The molecule has 7 aromatic rings. The summed E-state index contributed by atoms with van der Waals surface area (Å²) in [4.78, 5) is 10.8. The van der Waals surface area contributed by atoms with E-state index in [2.05, 4.69) is 87.2 Å². The fourth-order valence-electron chi connectivity index (χ4n) is 8.57. The van der Waals surface area contributed by atoms with Crippen molar-refractivity contribution >= 4 is 71.9 Å². The van der Waals surface area contributed by atoms with Gasteiger partial charge < -0.3 is 4.90 Å². The molecule has 9 heteroatoms. The van der Waals surface area contributed by atoms with Crippen molar-refractivity contribution in [3.63, 3.8) is 0 Å². The van der Waals surface area contributed by atoms with Gasteiger partial charge in [-0.2, -0.15) is 8.75 Å². The van der Waals surface area contributed by atoms with E-state index in [1.807, 2.05) is 28.7 Å². The van der Waals surface area contributed by atoms with Crippen molar-refractivity contribution in [3.8, 4) is 41.9 Å². The number of fused-ring (bicyclic) bond motifs is 2. The van der Waals surface area contributed by atoms with Crippen molar-refractivity contribution < 1.29 is 4.39 Å². The third-order valence-electron chi connectivity index (χ3n) is 12.4. The van der Waals surface area contributed by atoms with Crippen molar-refractivity contribution in [3.05, 3.63) is 84.3 Å². The summed E-state index contributed by atoms with van der Waals surface area (Å²) in [5.41, 5.74) is 8.13. The quantitative estimate of drug-likeness (QED) is 0.0508. The Balaban J connectivity index is 1.02. The smallest absolute Gasteiger partial charge is 0.132 e. The average molecular weight is 893 g/mol. The van der Waals surface area contributed by atoms with Crippen LogP contribution in [0.3, 0.4) is 0 Å². The van der Waals surface area contributed by atoms with Crippen LogP contribution in [-0.2, 0) is 6.42 Å². The Morgan fingerprint density at radius 1 is 0.574 bits per heavy atom. The third kappa shape index (κ3) is 12.0. The first kappa shape index (κ1) is 45.5. The molecule has 1 atom stereocenters. The number of aryl methyl sites for hydroxylation is 1. The van der Waals surface area contributed by atoms with Crippen LogP contribution in [0.25, 0.3) is 62.3 Å². The van der Waals surface area contributed by atoms with Gasteiger partial charge in [0.2, 0.25) is 0 Å². The molecule has 324 valence electrons. The number of halogens is 1. The molecule has 4 heterocycles. The highest BCUT2D eigenvalue weighted by atomic mass is 32.1. The Morgan fingerprint density at radius 2 is 1.18 bits per heavy atom. The monoisotopic (exact) mass is 892 g/mol. The summed E-state index contributed by atoms with van der Waals surface area (Å²) >= 11 is 6.45. The van der Waals surface area contributed by atoms with Crippen LogP contribution in [0, 0.1) is 11.7 Å². The van der Waals surface area contributed by atoms with E-state index in [9.17, 15) is 0 Å². The molecule has 7 rings (SSSR count). The maximum Gasteiger partial charge on any atom is 0.132 e. The predicted molar refractivity (Wildman–Crippen MR) is 269 cm³/mol. The highest BCUT2D eigenvalue weighted by molar-refractivity contribution is 7.31. The fraction of sp³-hybridized carbons (Fsp3) is 0.481. The number of thiazole rings is 1. The molecule has 0 radical (unpaired) electrons. The van der Waals surface area contributed by atoms with Gasteiger partial charge in [-0.25, -0.2) is 9.37 Å². The Morgan fingerprint density at radius 3 is 1.85 bits per heavy atom. The number of nitrogens with zero attached hydrogens (tertiary/aromatic N) is 4. The summed E-state index contributed by atoms with van der Waals surface area (Å²) in [6.45, 7) is 11.4. The maximum absolute atomic E-state index is 15.5. The molecular formula is C52H65FN4S4. The first-order valence-corrected chi connectivity index (χ1v) is 26.6. The summed E-state index contributed by atoms with van der Waals surface area (Å²) in [5.74, 6) is 0.538. The van der Waals surface area contributed by atoms with Gasteiger partial charge in [0.25, 0.3) is 0 Å². The number of rotatable bonds is 26. The first-order valence-electron chi connectivity index (χ1n) is 23.4. The number of thiophene rings is 2. The summed E-state index contributed by atoms with van der Waals surface area (Å²) in [6, 6.07) is 24.1. The molecule has 0 aliphatic carbocycles. The van der Waals surface area contributed by atoms with Crippen molar-refractivity contribution in [2.75, 3.05) is 18.0 Å². The molecule has 0 bridgehead atoms. The zero-order chi connectivity index (χ0) is 42.4. The second kappa shape index (κ2) is 23.3. The Bertz CT molecular complexity index is 2340. The van der Waals surface area contributed by atoms with E-state index in [0.29, 0.717) is 11.5 Å². The van der Waals surface area contributed by atoms with Crippen LogP contribution in [-0.4, -0.2) is 26.8 Å². The van der Waals surface area contributed by atoms with E-state index in [-0.39, 0.29) is 5.82 Å². The lowest BCUT2D eigenvalue weighted by Gasteiger charge is -2.25. The molecule has 1 unspecified atom stereocenters. The van der Waals surface area contributed by atoms with E-state index in [1.165, 1.54) is 156 Å². The molecule has 0 fully saturated rings. The van der Waals surface area contributed by atoms with Crippen LogP contribution >= 0.6 is 45.7 Å². The normalized spacial score (nSPS) is 12.3. The van der Waals surface area contributed by atoms with Crippen LogP contribution in [0.2, 0.25) is 0 Å². The molecule has 0 N–H and O–H groups in total. The average Bonchev–Trinajstić information content (AvgIpc) is 4.11. The van der Waals surface area contributed by atoms with Crippen molar-refractivity contribution in [1.29, 1.82) is 0 Å². The van der Waals surface area contributed by atoms with Gasteiger partial charge in [0.1, 0.15) is 21.9 Å². The lowest BCUT2D eigenvalue weighted by atomic mass is 9.92. The first-order chi connectivity index (χ1) is 30.0. The number of benzene rings is 3. The molecule has 0 saturated heterocycles. The zero-order valence-corrected chi connectivity index (χ0v) is 40.2. The second-order valence-corrected chi connectivity index (χ2v) is 20.7. The van der Waals surface area contributed by atoms with Gasteiger partial charge in [-0.3, -0.25) is 0 Å². The molecular weight excluding hydrogens is 828 g/mol. The lowest BCUT2D eigenvalue weighted by Crippen LogP contribution is -2.25. The van der Waals surface area contributed by atoms with Gasteiger partial charge in [-0.05, 0) is 79.1 Å². The number of hydrogen-bond acceptors (Lipinski definition) is 8. The van der Waals surface area contributed by atoms with E-state index in [4.69, 9.17) is 13.7 Å². The SMILES string of the molecule is CCCCCCCCN(CCCCCCCC)c1ccc(-c2cc3sc(-c4ccc(-c5ncc(-c6ccc(CCC(CC)CCCC)cc6F)s5)c5nsnc45)cc3s2)cc1. The summed E-state index contributed by atoms with van der Waals surface area (Å²) in [7, 11) is 0. The Kier molecular flexibility index (Phi) is 17.4. The predicted octanol–water partition coefficient (Wildman–Crippen LogP) is 17.9. The minimum atomic E-state index is -0.174. The van der Waals surface area contributed by atoms with Crippen molar-refractivity contribution in [2.24, 2.45) is 5.92 Å². The van der Waals surface area contributed by atoms with E-state index in [0.717, 1.165) is 63.5 Å². The number of anilines is 1. The van der Waals surface area contributed by atoms with Crippen molar-refractivity contribution in [1.82, 2.24) is 13.7 Å². The standard InChI is InChI=1S/C52H65FN4S4/c1-5-9-12-14-16-18-31-57(32-19-17-15-13-10-6-2)40-26-24-39(25-27-40)45-34-47-48(58-45)35-46(59-47)42-29-30-43(51-50(42)55-61-56-51)52-54-36-49(60-52)41-28-23-38(33-44(41)53)22-21-37(8-4)20-11-7-3/h23-30,33-37H,5-22,31-32H2,1-4H3. The highest BCUT2D eigenvalue weighted by Gasteiger charge is 2.20. The van der Waals surface area contributed by atoms with Gasteiger partial charge in [0.15, 0.2) is 0 Å². The van der Waals surface area contributed by atoms with Gasteiger partial charge in [0.05, 0.1) is 16.6 Å². The highest BCUT2D eigenvalue weighted by Crippen LogP contribution is 2.45. The largest absolute Gasteiger partial charge is 0.372 e. The summed E-state index contributed by atoms with van der Waals surface area (Å²) in [5, 5.41) is 0.834. The minimum absolute atomic E-state index is 0.174.